The molecular formula is C16H16N2OS. The standard InChI is InChI=1S/C16H16N2OS/c17-11-4-7-14-8-9-15(20-14)16(19)18-12-10-13-5-2-1-3-6-13/h1-3,5-6,8-9H,10-12,17H2,(H,18,19). The molecule has 3 N–H and O–H groups in total. The van der Waals surface area contributed by atoms with Crippen molar-refractivity contribution in [3.05, 3.63) is 57.8 Å². The third-order valence-electron chi connectivity index (χ3n) is 2.69. The molecular weight excluding hydrogens is 268 g/mol. The van der Waals surface area contributed by atoms with Gasteiger partial charge in [-0.05, 0) is 24.1 Å². The molecule has 4 heteroatoms. The van der Waals surface area contributed by atoms with Crippen LogP contribution in [0.4, 0.5) is 0 Å². The summed E-state index contributed by atoms with van der Waals surface area (Å²) in [6.45, 7) is 0.959. The SMILES string of the molecule is NCC#Cc1ccc(C(=O)NCCc2ccccc2)s1. The third kappa shape index (κ3) is 4.23. The molecule has 1 aromatic heterocycles. The van der Waals surface area contributed by atoms with Gasteiger partial charge in [0.05, 0.1) is 16.3 Å². The van der Waals surface area contributed by atoms with E-state index in [1.54, 1.807) is 6.07 Å². The number of carbonyl (C=O) groups excluding carboxylic acids is 1. The van der Waals surface area contributed by atoms with Crippen LogP contribution in [0.15, 0.2) is 42.5 Å². The fourth-order valence-corrected chi connectivity index (χ4v) is 2.51. The number of nitrogens with one attached hydrogen (secondary N) is 1. The minimum Gasteiger partial charge on any atom is -0.351 e. The Balaban J connectivity index is 1.84. The van der Waals surface area contributed by atoms with Crippen LogP contribution >= 0.6 is 11.3 Å². The Morgan fingerprint density at radius 3 is 2.75 bits per heavy atom. The van der Waals surface area contributed by atoms with E-state index >= 15 is 0 Å². The van der Waals surface area contributed by atoms with Crippen LogP contribution in [0.1, 0.15) is 20.1 Å². The van der Waals surface area contributed by atoms with Crippen LogP contribution in [-0.2, 0) is 6.42 Å². The van der Waals surface area contributed by atoms with Crippen molar-refractivity contribution < 1.29 is 4.79 Å². The summed E-state index contributed by atoms with van der Waals surface area (Å²) in [7, 11) is 0. The van der Waals surface area contributed by atoms with Crippen molar-refractivity contribution in [3.8, 4) is 11.8 Å². The molecule has 3 nitrogen and oxygen atoms in total. The van der Waals surface area contributed by atoms with Crippen LogP contribution in [0, 0.1) is 11.8 Å². The number of hydrogen-bond donors (Lipinski definition) is 2. The zero-order chi connectivity index (χ0) is 14.2. The lowest BCUT2D eigenvalue weighted by Crippen LogP contribution is -2.24. The molecule has 0 atom stereocenters. The second kappa shape index (κ2) is 7.49. The van der Waals surface area contributed by atoms with Gasteiger partial charge in [0.2, 0.25) is 0 Å². The summed E-state index contributed by atoms with van der Waals surface area (Å²) in [5, 5.41) is 2.92. The third-order valence-corrected chi connectivity index (χ3v) is 3.68. The average molecular weight is 284 g/mol. The van der Waals surface area contributed by atoms with Crippen molar-refractivity contribution in [2.24, 2.45) is 5.73 Å². The summed E-state index contributed by atoms with van der Waals surface area (Å²) >= 11 is 1.39. The highest BCUT2D eigenvalue weighted by molar-refractivity contribution is 7.14. The number of rotatable bonds is 4. The van der Waals surface area contributed by atoms with Gasteiger partial charge in [0.15, 0.2) is 0 Å². The van der Waals surface area contributed by atoms with E-state index in [2.05, 4.69) is 29.3 Å². The molecule has 1 aromatic carbocycles. The number of benzene rings is 1. The van der Waals surface area contributed by atoms with Gasteiger partial charge in [0.25, 0.3) is 5.91 Å². The molecule has 0 aliphatic carbocycles. The smallest absolute Gasteiger partial charge is 0.261 e. The molecule has 0 radical (unpaired) electrons. The molecule has 0 aliphatic heterocycles. The molecule has 0 saturated heterocycles. The first-order chi connectivity index (χ1) is 9.79. The summed E-state index contributed by atoms with van der Waals surface area (Å²) in [5.41, 5.74) is 6.53. The van der Waals surface area contributed by atoms with Crippen LogP contribution in [0.25, 0.3) is 0 Å². The molecule has 0 aliphatic rings. The first kappa shape index (κ1) is 14.3. The maximum atomic E-state index is 11.9. The van der Waals surface area contributed by atoms with Crippen molar-refractivity contribution in [1.82, 2.24) is 5.32 Å². The molecule has 1 amide bonds. The molecule has 0 spiro atoms. The van der Waals surface area contributed by atoms with Gasteiger partial charge in [-0.3, -0.25) is 4.79 Å². The van der Waals surface area contributed by atoms with Crippen LogP contribution < -0.4 is 11.1 Å². The van der Waals surface area contributed by atoms with Crippen LogP contribution in [-0.4, -0.2) is 19.0 Å². The topological polar surface area (TPSA) is 55.1 Å². The molecule has 1 heterocycles. The molecule has 0 saturated carbocycles. The second-order valence-corrected chi connectivity index (χ2v) is 5.25. The normalized spacial score (nSPS) is 9.65. The van der Waals surface area contributed by atoms with E-state index in [-0.39, 0.29) is 5.91 Å². The van der Waals surface area contributed by atoms with Crippen molar-refractivity contribution >= 4 is 17.2 Å². The van der Waals surface area contributed by atoms with E-state index in [9.17, 15) is 4.79 Å². The van der Waals surface area contributed by atoms with Crippen LogP contribution in [0.3, 0.4) is 0 Å². The van der Waals surface area contributed by atoms with E-state index in [1.165, 1.54) is 16.9 Å². The summed E-state index contributed by atoms with van der Waals surface area (Å²) in [6.07, 6.45) is 0.831. The van der Waals surface area contributed by atoms with Crippen LogP contribution in [0.5, 0.6) is 0 Å². The van der Waals surface area contributed by atoms with Gasteiger partial charge in [-0.1, -0.05) is 42.2 Å². The molecule has 2 rings (SSSR count). The largest absolute Gasteiger partial charge is 0.351 e. The van der Waals surface area contributed by atoms with Gasteiger partial charge in [-0.2, -0.15) is 0 Å². The van der Waals surface area contributed by atoms with E-state index in [1.807, 2.05) is 24.3 Å². The second-order valence-electron chi connectivity index (χ2n) is 4.16. The van der Waals surface area contributed by atoms with Gasteiger partial charge in [-0.25, -0.2) is 0 Å². The van der Waals surface area contributed by atoms with Gasteiger partial charge >= 0.3 is 0 Å². The van der Waals surface area contributed by atoms with Crippen molar-refractivity contribution in [2.45, 2.75) is 6.42 Å². The van der Waals surface area contributed by atoms with Crippen molar-refractivity contribution in [3.63, 3.8) is 0 Å². The minimum absolute atomic E-state index is 0.0493. The predicted molar refractivity (Wildman–Crippen MR) is 82.7 cm³/mol. The van der Waals surface area contributed by atoms with E-state index in [0.717, 1.165) is 11.3 Å². The average Bonchev–Trinajstić information content (AvgIpc) is 2.95. The zero-order valence-corrected chi connectivity index (χ0v) is 11.9. The number of amides is 1. The van der Waals surface area contributed by atoms with Crippen LogP contribution in [0.2, 0.25) is 0 Å². The predicted octanol–water partition coefficient (Wildman–Crippen LogP) is 2.03. The Kier molecular flexibility index (Phi) is 5.36. The monoisotopic (exact) mass is 284 g/mol. The minimum atomic E-state index is -0.0493. The van der Waals surface area contributed by atoms with E-state index in [0.29, 0.717) is 18.0 Å². The lowest BCUT2D eigenvalue weighted by molar-refractivity contribution is 0.0958. The fourth-order valence-electron chi connectivity index (χ4n) is 1.72. The lowest BCUT2D eigenvalue weighted by Gasteiger charge is -2.03. The maximum Gasteiger partial charge on any atom is 0.261 e. The Morgan fingerprint density at radius 2 is 2.00 bits per heavy atom. The summed E-state index contributed by atoms with van der Waals surface area (Å²) in [4.78, 5) is 13.5. The Morgan fingerprint density at radius 1 is 1.20 bits per heavy atom. The summed E-state index contributed by atoms with van der Waals surface area (Å²) in [5.74, 6) is 5.65. The van der Waals surface area contributed by atoms with Gasteiger partial charge in [0.1, 0.15) is 0 Å². The first-order valence-electron chi connectivity index (χ1n) is 6.40. The van der Waals surface area contributed by atoms with Crippen molar-refractivity contribution in [1.29, 1.82) is 0 Å². The Bertz CT molecular complexity index is 623. The summed E-state index contributed by atoms with van der Waals surface area (Å²) < 4.78 is 0. The number of carbonyl (C=O) groups is 1. The number of thiophene rings is 1. The fraction of sp³-hybridized carbons (Fsp3) is 0.188. The van der Waals surface area contributed by atoms with E-state index in [4.69, 9.17) is 5.73 Å². The number of nitrogens with two attached hydrogens (primary N) is 1. The Labute approximate surface area is 122 Å². The summed E-state index contributed by atoms with van der Waals surface area (Å²) in [6, 6.07) is 13.7. The molecule has 20 heavy (non-hydrogen) atoms. The van der Waals surface area contributed by atoms with Crippen molar-refractivity contribution in [2.75, 3.05) is 13.1 Å². The quantitative estimate of drug-likeness (QED) is 0.844. The molecule has 2 aromatic rings. The molecule has 102 valence electrons. The van der Waals surface area contributed by atoms with Gasteiger partial charge < -0.3 is 11.1 Å². The highest BCUT2D eigenvalue weighted by atomic mass is 32.1. The molecule has 0 unspecified atom stereocenters. The first-order valence-corrected chi connectivity index (χ1v) is 7.22. The molecule has 0 fully saturated rings. The lowest BCUT2D eigenvalue weighted by atomic mass is 10.1. The maximum absolute atomic E-state index is 11.9. The van der Waals surface area contributed by atoms with Gasteiger partial charge in [0, 0.05) is 6.54 Å². The Hall–Kier alpha value is -2.09. The number of hydrogen-bond acceptors (Lipinski definition) is 3. The molecule has 0 bridgehead atoms. The zero-order valence-electron chi connectivity index (χ0n) is 11.1. The highest BCUT2D eigenvalue weighted by Gasteiger charge is 2.07. The van der Waals surface area contributed by atoms with Gasteiger partial charge in [-0.15, -0.1) is 11.3 Å². The van der Waals surface area contributed by atoms with E-state index < -0.39 is 0 Å². The highest BCUT2D eigenvalue weighted by Crippen LogP contribution is 2.15.